The average molecular weight is 116 g/mol. The van der Waals surface area contributed by atoms with E-state index >= 15 is 0 Å². The normalized spacial score (nSPS) is 30.7. The van der Waals surface area contributed by atoms with E-state index in [9.17, 15) is 0 Å². The van der Waals surface area contributed by atoms with E-state index < -0.39 is 0 Å². The van der Waals surface area contributed by atoms with Gasteiger partial charge in [0.2, 0.25) is 0 Å². The quantitative estimate of drug-likeness (QED) is 0.425. The third-order valence-corrected chi connectivity index (χ3v) is 1.41. The predicted molar refractivity (Wildman–Crippen MR) is 32.3 cm³/mol. The monoisotopic (exact) mass is 115 g/mol. The highest BCUT2D eigenvalue weighted by Crippen LogP contribution is 2.14. The number of halogens is 1. The molecule has 39 valence electrons. The molecular formula is C6H8Cl. The number of alkyl halides is 1. The van der Waals surface area contributed by atoms with Crippen molar-refractivity contribution in [2.75, 3.05) is 0 Å². The molecule has 0 fully saturated rings. The molecule has 0 aromatic heterocycles. The molecule has 1 aliphatic rings. The van der Waals surface area contributed by atoms with Gasteiger partial charge in [-0.3, -0.25) is 0 Å². The van der Waals surface area contributed by atoms with Crippen LogP contribution in [-0.4, -0.2) is 5.38 Å². The van der Waals surface area contributed by atoms with Crippen LogP contribution in [0.25, 0.3) is 0 Å². The fourth-order valence-corrected chi connectivity index (χ4v) is 0.851. The molecule has 7 heavy (non-hydrogen) atoms. The first kappa shape index (κ1) is 5.17. The van der Waals surface area contributed by atoms with Gasteiger partial charge in [0.05, 0.1) is 0 Å². The Kier molecular flexibility index (Phi) is 1.75. The molecule has 0 aromatic carbocycles. The molecule has 0 saturated carbocycles. The molecule has 1 rings (SSSR count). The molecule has 0 nitrogen and oxygen atoms in total. The first-order chi connectivity index (χ1) is 3.39. The van der Waals surface area contributed by atoms with E-state index in [-0.39, 0.29) is 0 Å². The van der Waals surface area contributed by atoms with E-state index in [1.54, 1.807) is 0 Å². The minimum Gasteiger partial charge on any atom is -0.123 e. The molecule has 0 aliphatic heterocycles. The molecule has 0 saturated heterocycles. The highest BCUT2D eigenvalue weighted by atomic mass is 35.5. The van der Waals surface area contributed by atoms with Crippen molar-refractivity contribution in [3.63, 3.8) is 0 Å². The summed E-state index contributed by atoms with van der Waals surface area (Å²) in [5.74, 6) is 0. The summed E-state index contributed by atoms with van der Waals surface area (Å²) in [5, 5.41) is 0.366. The lowest BCUT2D eigenvalue weighted by Crippen LogP contribution is -1.99. The van der Waals surface area contributed by atoms with Crippen molar-refractivity contribution in [1.29, 1.82) is 0 Å². The Hall–Kier alpha value is 0.0300. The van der Waals surface area contributed by atoms with Gasteiger partial charge < -0.3 is 0 Å². The second-order valence-electron chi connectivity index (χ2n) is 1.73. The lowest BCUT2D eigenvalue weighted by molar-refractivity contribution is 0.827. The Bertz CT molecular complexity index is 76.2. The third kappa shape index (κ3) is 1.52. The standard InChI is InChI=1S/C6H8Cl/c7-6-4-2-1-3-5-6/h1-3,6H,4-5H2. The van der Waals surface area contributed by atoms with Crippen molar-refractivity contribution in [3.8, 4) is 0 Å². The van der Waals surface area contributed by atoms with Gasteiger partial charge in [-0.1, -0.05) is 12.2 Å². The van der Waals surface area contributed by atoms with Crippen LogP contribution in [0.5, 0.6) is 0 Å². The third-order valence-electron chi connectivity index (χ3n) is 1.06. The second kappa shape index (κ2) is 2.37. The minimum atomic E-state index is 0.366. The van der Waals surface area contributed by atoms with E-state index in [0.717, 1.165) is 12.8 Å². The molecule has 0 aromatic rings. The van der Waals surface area contributed by atoms with Crippen LogP contribution >= 0.6 is 11.6 Å². The molecule has 1 heteroatoms. The van der Waals surface area contributed by atoms with Gasteiger partial charge in [-0.2, -0.15) is 0 Å². The zero-order valence-corrected chi connectivity index (χ0v) is 4.86. The number of allylic oxidation sites excluding steroid dienone is 2. The summed E-state index contributed by atoms with van der Waals surface area (Å²) < 4.78 is 0. The van der Waals surface area contributed by atoms with Gasteiger partial charge in [0.1, 0.15) is 0 Å². The lowest BCUT2D eigenvalue weighted by Gasteiger charge is -2.07. The summed E-state index contributed by atoms with van der Waals surface area (Å²) in [6.45, 7) is 0. The van der Waals surface area contributed by atoms with E-state index in [4.69, 9.17) is 11.6 Å². The van der Waals surface area contributed by atoms with Crippen molar-refractivity contribution in [2.45, 2.75) is 18.2 Å². The predicted octanol–water partition coefficient (Wildman–Crippen LogP) is 2.15. The van der Waals surface area contributed by atoms with Crippen LogP contribution in [0.4, 0.5) is 0 Å². The number of rotatable bonds is 0. The van der Waals surface area contributed by atoms with Crippen LogP contribution in [-0.2, 0) is 0 Å². The van der Waals surface area contributed by atoms with Crippen molar-refractivity contribution < 1.29 is 0 Å². The van der Waals surface area contributed by atoms with Crippen molar-refractivity contribution >= 4 is 11.6 Å². The van der Waals surface area contributed by atoms with Gasteiger partial charge in [-0.05, 0) is 19.3 Å². The van der Waals surface area contributed by atoms with Gasteiger partial charge in [0.25, 0.3) is 0 Å². The molecule has 1 unspecified atom stereocenters. The summed E-state index contributed by atoms with van der Waals surface area (Å²) in [7, 11) is 0. The lowest BCUT2D eigenvalue weighted by atomic mass is 10.1. The van der Waals surface area contributed by atoms with Gasteiger partial charge in [0.15, 0.2) is 0 Å². The molecule has 1 atom stereocenters. The summed E-state index contributed by atoms with van der Waals surface area (Å²) >= 11 is 5.73. The fourth-order valence-electron chi connectivity index (χ4n) is 0.645. The summed E-state index contributed by atoms with van der Waals surface area (Å²) in [6.07, 6.45) is 8.34. The number of hydrogen-bond donors (Lipinski definition) is 0. The van der Waals surface area contributed by atoms with Gasteiger partial charge >= 0.3 is 0 Å². The zero-order chi connectivity index (χ0) is 5.11. The summed E-state index contributed by atoms with van der Waals surface area (Å²) in [6, 6.07) is 0. The van der Waals surface area contributed by atoms with Crippen LogP contribution in [0.15, 0.2) is 12.2 Å². The Morgan fingerprint density at radius 3 is 2.57 bits per heavy atom. The summed E-state index contributed by atoms with van der Waals surface area (Å²) in [4.78, 5) is 0. The SMILES string of the molecule is ClC1C[CH]C=CC1. The highest BCUT2D eigenvalue weighted by Gasteiger charge is 2.03. The molecule has 0 heterocycles. The molecular weight excluding hydrogens is 108 g/mol. The zero-order valence-electron chi connectivity index (χ0n) is 4.10. The average Bonchev–Trinajstić information content (AvgIpc) is 1.69. The van der Waals surface area contributed by atoms with E-state index in [1.807, 2.05) is 0 Å². The Morgan fingerprint density at radius 1 is 1.43 bits per heavy atom. The maximum Gasteiger partial charge on any atom is 0.0376 e. The van der Waals surface area contributed by atoms with E-state index in [2.05, 4.69) is 18.6 Å². The van der Waals surface area contributed by atoms with Crippen LogP contribution in [0.1, 0.15) is 12.8 Å². The molecule has 0 N–H and O–H groups in total. The molecule has 1 radical (unpaired) electrons. The first-order valence-corrected chi connectivity index (χ1v) is 2.95. The smallest absolute Gasteiger partial charge is 0.0376 e. The number of hydrogen-bond acceptors (Lipinski definition) is 0. The molecule has 0 bridgehead atoms. The van der Waals surface area contributed by atoms with E-state index in [0.29, 0.717) is 5.38 Å². The Morgan fingerprint density at radius 2 is 2.29 bits per heavy atom. The maximum atomic E-state index is 5.73. The van der Waals surface area contributed by atoms with Crippen LogP contribution in [0.2, 0.25) is 0 Å². The summed E-state index contributed by atoms with van der Waals surface area (Å²) in [5.41, 5.74) is 0. The van der Waals surface area contributed by atoms with Gasteiger partial charge in [-0.15, -0.1) is 11.6 Å². The minimum absolute atomic E-state index is 0.366. The largest absolute Gasteiger partial charge is 0.123 e. The Balaban J connectivity index is 2.32. The van der Waals surface area contributed by atoms with Gasteiger partial charge in [0, 0.05) is 5.38 Å². The van der Waals surface area contributed by atoms with Crippen molar-refractivity contribution in [3.05, 3.63) is 18.6 Å². The van der Waals surface area contributed by atoms with Gasteiger partial charge in [-0.25, -0.2) is 0 Å². The van der Waals surface area contributed by atoms with Crippen LogP contribution < -0.4 is 0 Å². The Labute approximate surface area is 49.2 Å². The fraction of sp³-hybridized carbons (Fsp3) is 0.500. The molecule has 1 aliphatic carbocycles. The van der Waals surface area contributed by atoms with E-state index in [1.165, 1.54) is 0 Å². The first-order valence-electron chi connectivity index (χ1n) is 2.52. The maximum absolute atomic E-state index is 5.73. The van der Waals surface area contributed by atoms with Crippen molar-refractivity contribution in [2.24, 2.45) is 0 Å². The molecule has 0 amide bonds. The molecule has 0 spiro atoms. The second-order valence-corrected chi connectivity index (χ2v) is 2.35. The topological polar surface area (TPSA) is 0 Å². The van der Waals surface area contributed by atoms with Crippen LogP contribution in [0.3, 0.4) is 0 Å². The highest BCUT2D eigenvalue weighted by molar-refractivity contribution is 6.20. The van der Waals surface area contributed by atoms with Crippen LogP contribution in [0, 0.1) is 6.42 Å². The van der Waals surface area contributed by atoms with Crippen molar-refractivity contribution in [1.82, 2.24) is 0 Å².